The normalized spacial score (nSPS) is 24.2. The van der Waals surface area contributed by atoms with E-state index in [4.69, 9.17) is 35.6 Å². The standard InChI is InChI=1S/C30H30ClN5O5/c1-16(2)36-29(32-11-12-40-36)20-9-5-18(6-10-20)17-3-7-19(8-4-17)25-21(31)13-22-28(34-25)35-30(33-22)41-24-15-39-26-23(37)14-38-27(24)26/h3-10,13,16,23-24,26-27,37H,11-12,14-15H2,1-2H3,(H,33,34,35)/t23-,24-,26-,27-/m1/s1. The molecule has 0 bridgehead atoms. The number of aliphatic imine (C=N–C) groups is 1. The average Bonchev–Trinajstić information content (AvgIpc) is 3.69. The Morgan fingerprint density at radius 2 is 1.63 bits per heavy atom. The maximum atomic E-state index is 9.97. The monoisotopic (exact) mass is 575 g/mol. The number of benzene rings is 2. The highest BCUT2D eigenvalue weighted by atomic mass is 35.5. The molecule has 3 aliphatic heterocycles. The molecule has 7 rings (SSSR count). The summed E-state index contributed by atoms with van der Waals surface area (Å²) in [6, 6.07) is 18.8. The largest absolute Gasteiger partial charge is 0.456 e. The third kappa shape index (κ3) is 4.96. The quantitative estimate of drug-likeness (QED) is 0.351. The van der Waals surface area contributed by atoms with Gasteiger partial charge in [0.15, 0.2) is 17.6 Å². The lowest BCUT2D eigenvalue weighted by Gasteiger charge is -2.31. The Hall–Kier alpha value is -3.54. The zero-order chi connectivity index (χ0) is 28.1. The van der Waals surface area contributed by atoms with Crippen LogP contribution in [0, 0.1) is 0 Å². The van der Waals surface area contributed by atoms with Crippen molar-refractivity contribution in [1.82, 2.24) is 20.0 Å². The van der Waals surface area contributed by atoms with Crippen LogP contribution in [0.25, 0.3) is 33.5 Å². The highest BCUT2D eigenvalue weighted by Gasteiger charge is 2.48. The van der Waals surface area contributed by atoms with Gasteiger partial charge in [0.05, 0.1) is 48.6 Å². The molecule has 0 spiro atoms. The van der Waals surface area contributed by atoms with Gasteiger partial charge in [-0.25, -0.2) is 10.0 Å². The Kier molecular flexibility index (Phi) is 6.88. The van der Waals surface area contributed by atoms with Crippen molar-refractivity contribution in [3.63, 3.8) is 0 Å². The Morgan fingerprint density at radius 3 is 2.37 bits per heavy atom. The summed E-state index contributed by atoms with van der Waals surface area (Å²) in [7, 11) is 0. The molecule has 5 heterocycles. The molecule has 212 valence electrons. The Morgan fingerprint density at radius 1 is 0.951 bits per heavy atom. The SMILES string of the molecule is CC(C)N1OCCN=C1c1ccc(-c2ccc(-c3nc4nc(O[C@@H]5CO[C@H]6[C@@H]5OC[C@H]6O)[nH]c4cc3Cl)cc2)cc1. The molecular weight excluding hydrogens is 546 g/mol. The van der Waals surface area contributed by atoms with Gasteiger partial charge in [-0.3, -0.25) is 9.83 Å². The van der Waals surface area contributed by atoms with E-state index in [2.05, 4.69) is 65.2 Å². The average molecular weight is 576 g/mol. The fraction of sp³-hybridized carbons (Fsp3) is 0.367. The molecule has 0 radical (unpaired) electrons. The molecule has 0 aliphatic carbocycles. The summed E-state index contributed by atoms with van der Waals surface area (Å²) in [6.45, 7) is 6.00. The van der Waals surface area contributed by atoms with Gasteiger partial charge < -0.3 is 24.3 Å². The first kappa shape index (κ1) is 26.4. The summed E-state index contributed by atoms with van der Waals surface area (Å²) in [5, 5.41) is 12.3. The maximum Gasteiger partial charge on any atom is 0.296 e. The van der Waals surface area contributed by atoms with Gasteiger partial charge in [-0.1, -0.05) is 60.1 Å². The smallest absolute Gasteiger partial charge is 0.296 e. The molecule has 2 N–H and O–H groups in total. The summed E-state index contributed by atoms with van der Waals surface area (Å²) in [5.41, 5.74) is 5.86. The van der Waals surface area contributed by atoms with E-state index in [9.17, 15) is 5.11 Å². The number of fused-ring (bicyclic) bond motifs is 2. The van der Waals surface area contributed by atoms with E-state index in [0.29, 0.717) is 47.6 Å². The lowest BCUT2D eigenvalue weighted by molar-refractivity contribution is -0.123. The molecular formula is C30H30ClN5O5. The zero-order valence-corrected chi connectivity index (χ0v) is 23.4. The maximum absolute atomic E-state index is 9.97. The van der Waals surface area contributed by atoms with Crippen LogP contribution in [0.4, 0.5) is 0 Å². The van der Waals surface area contributed by atoms with Crippen molar-refractivity contribution < 1.29 is 24.2 Å². The van der Waals surface area contributed by atoms with Gasteiger partial charge in [-0.2, -0.15) is 4.98 Å². The molecule has 10 nitrogen and oxygen atoms in total. The van der Waals surface area contributed by atoms with E-state index in [1.54, 1.807) is 6.07 Å². The van der Waals surface area contributed by atoms with Gasteiger partial charge in [-0.05, 0) is 31.0 Å². The minimum atomic E-state index is -0.639. The molecule has 41 heavy (non-hydrogen) atoms. The van der Waals surface area contributed by atoms with Crippen molar-refractivity contribution in [3.8, 4) is 28.4 Å². The minimum Gasteiger partial charge on any atom is -0.456 e. The number of aliphatic hydroxyl groups excluding tert-OH is 1. The van der Waals surface area contributed by atoms with Crippen molar-refractivity contribution in [1.29, 1.82) is 0 Å². The number of nitrogens with one attached hydrogen (secondary N) is 1. The summed E-state index contributed by atoms with van der Waals surface area (Å²) in [4.78, 5) is 22.9. The lowest BCUT2D eigenvalue weighted by Crippen LogP contribution is -2.41. The van der Waals surface area contributed by atoms with Crippen LogP contribution in [0.15, 0.2) is 59.6 Å². The number of aromatic nitrogens is 3. The number of nitrogens with zero attached hydrogens (tertiary/aromatic N) is 4. The molecule has 4 atom stereocenters. The van der Waals surface area contributed by atoms with Crippen LogP contribution >= 0.6 is 11.6 Å². The van der Waals surface area contributed by atoms with E-state index in [1.807, 2.05) is 17.2 Å². The number of aromatic amines is 1. The van der Waals surface area contributed by atoms with E-state index in [0.717, 1.165) is 28.1 Å². The highest BCUT2D eigenvalue weighted by Crippen LogP contribution is 2.33. The number of imidazole rings is 1. The van der Waals surface area contributed by atoms with Gasteiger partial charge in [0, 0.05) is 11.1 Å². The van der Waals surface area contributed by atoms with E-state index in [1.165, 1.54) is 0 Å². The third-order valence-corrected chi connectivity index (χ3v) is 7.83. The van der Waals surface area contributed by atoms with Crippen LogP contribution < -0.4 is 4.74 Å². The molecule has 4 aromatic rings. The predicted octanol–water partition coefficient (Wildman–Crippen LogP) is 4.25. The van der Waals surface area contributed by atoms with Crippen molar-refractivity contribution in [3.05, 3.63) is 65.2 Å². The van der Waals surface area contributed by atoms with Crippen molar-refractivity contribution in [2.45, 2.75) is 44.3 Å². The molecule has 2 saturated heterocycles. The number of hydrogen-bond donors (Lipinski definition) is 2. The number of hydrogen-bond acceptors (Lipinski definition) is 9. The van der Waals surface area contributed by atoms with Crippen LogP contribution in [0.2, 0.25) is 5.02 Å². The highest BCUT2D eigenvalue weighted by molar-refractivity contribution is 6.33. The van der Waals surface area contributed by atoms with Crippen LogP contribution in [-0.2, 0) is 14.3 Å². The summed E-state index contributed by atoms with van der Waals surface area (Å²) in [6.07, 6.45) is -1.71. The van der Waals surface area contributed by atoms with Crippen LogP contribution in [0.3, 0.4) is 0 Å². The second kappa shape index (κ2) is 10.7. The minimum absolute atomic E-state index is 0.202. The first-order chi connectivity index (χ1) is 19.9. The second-order valence-corrected chi connectivity index (χ2v) is 11.1. The van der Waals surface area contributed by atoms with E-state index < -0.39 is 6.10 Å². The summed E-state index contributed by atoms with van der Waals surface area (Å²) in [5.74, 6) is 0.864. The number of hydroxylamine groups is 2. The molecule has 0 unspecified atom stereocenters. The van der Waals surface area contributed by atoms with E-state index >= 15 is 0 Å². The Labute approximate surface area is 241 Å². The van der Waals surface area contributed by atoms with Crippen LogP contribution in [-0.4, -0.2) is 87.8 Å². The number of ether oxygens (including phenoxy) is 3. The molecule has 3 aliphatic rings. The molecule has 0 amide bonds. The van der Waals surface area contributed by atoms with Crippen LogP contribution in [0.1, 0.15) is 19.4 Å². The first-order valence-electron chi connectivity index (χ1n) is 13.8. The van der Waals surface area contributed by atoms with Crippen molar-refractivity contribution >= 4 is 28.6 Å². The number of rotatable bonds is 6. The fourth-order valence-corrected chi connectivity index (χ4v) is 5.77. The van der Waals surface area contributed by atoms with Gasteiger partial charge in [0.1, 0.15) is 18.3 Å². The Bertz CT molecular complexity index is 1590. The number of amidine groups is 1. The number of aliphatic hydroxyl groups is 1. The van der Waals surface area contributed by atoms with Crippen molar-refractivity contribution in [2.24, 2.45) is 4.99 Å². The van der Waals surface area contributed by atoms with E-state index in [-0.39, 0.29) is 31.0 Å². The number of pyridine rings is 1. The summed E-state index contributed by atoms with van der Waals surface area (Å²) >= 11 is 6.64. The van der Waals surface area contributed by atoms with Crippen molar-refractivity contribution in [2.75, 3.05) is 26.4 Å². The molecule has 0 saturated carbocycles. The molecule has 2 aromatic heterocycles. The second-order valence-electron chi connectivity index (χ2n) is 10.7. The summed E-state index contributed by atoms with van der Waals surface area (Å²) < 4.78 is 17.3. The fourth-order valence-electron chi connectivity index (χ4n) is 5.51. The van der Waals surface area contributed by atoms with Gasteiger partial charge >= 0.3 is 0 Å². The van der Waals surface area contributed by atoms with Gasteiger partial charge in [0.25, 0.3) is 6.01 Å². The number of H-pyrrole nitrogens is 1. The lowest BCUT2D eigenvalue weighted by atomic mass is 10.0. The van der Waals surface area contributed by atoms with Crippen LogP contribution in [0.5, 0.6) is 6.01 Å². The number of halogens is 1. The van der Waals surface area contributed by atoms with Gasteiger partial charge in [-0.15, -0.1) is 0 Å². The third-order valence-electron chi connectivity index (χ3n) is 7.55. The Balaban J connectivity index is 1.09. The molecule has 2 aromatic carbocycles. The first-order valence-corrected chi connectivity index (χ1v) is 14.1. The topological polar surface area (TPSA) is 114 Å². The molecule has 2 fully saturated rings. The zero-order valence-electron chi connectivity index (χ0n) is 22.7. The predicted molar refractivity (Wildman–Crippen MR) is 154 cm³/mol. The van der Waals surface area contributed by atoms with Gasteiger partial charge in [0.2, 0.25) is 0 Å². The molecule has 11 heteroatoms.